The predicted octanol–water partition coefficient (Wildman–Crippen LogP) is 4.42. The minimum Gasteiger partial charge on any atom is -0.494 e. The van der Waals surface area contributed by atoms with Crippen LogP contribution in [0.3, 0.4) is 0 Å². The lowest BCUT2D eigenvalue weighted by molar-refractivity contribution is -0.170. The number of anilines is 2. The highest BCUT2D eigenvalue weighted by atomic mass is 19.4. The molecule has 0 unspecified atom stereocenters. The van der Waals surface area contributed by atoms with Crippen LogP contribution < -0.4 is 15.4 Å². The number of nitrogens with two attached hydrogens (primary N) is 1. The van der Waals surface area contributed by atoms with Gasteiger partial charge in [-0.15, -0.1) is 0 Å². The van der Waals surface area contributed by atoms with E-state index in [4.69, 9.17) is 10.5 Å². The van der Waals surface area contributed by atoms with Crippen LogP contribution in [0, 0.1) is 0 Å². The van der Waals surface area contributed by atoms with Crippen molar-refractivity contribution in [1.29, 1.82) is 0 Å². The summed E-state index contributed by atoms with van der Waals surface area (Å²) in [4.78, 5) is 31.0. The molecule has 7 nitrogen and oxygen atoms in total. The van der Waals surface area contributed by atoms with Crippen molar-refractivity contribution in [3.8, 4) is 5.75 Å². The number of pyridine rings is 1. The van der Waals surface area contributed by atoms with Gasteiger partial charge in [0.15, 0.2) is 0 Å². The van der Waals surface area contributed by atoms with Gasteiger partial charge in [0.25, 0.3) is 5.91 Å². The Morgan fingerprint density at radius 2 is 1.77 bits per heavy atom. The molecule has 2 aromatic carbocycles. The highest BCUT2D eigenvalue weighted by Gasteiger charge is 2.43. The highest BCUT2D eigenvalue weighted by molar-refractivity contribution is 5.99. The Bertz CT molecular complexity index is 1210. The van der Waals surface area contributed by atoms with Crippen LogP contribution in [-0.2, 0) is 4.79 Å². The number of amides is 2. The van der Waals surface area contributed by atoms with Gasteiger partial charge in [-0.1, -0.05) is 6.07 Å². The molecular weight excluding hydrogens is 461 g/mol. The first kappa shape index (κ1) is 24.3. The molecule has 0 atom stereocenters. The van der Waals surface area contributed by atoms with Crippen molar-refractivity contribution < 1.29 is 27.5 Å². The van der Waals surface area contributed by atoms with Crippen LogP contribution in [-0.4, -0.2) is 54.1 Å². The molecule has 0 aliphatic carbocycles. The van der Waals surface area contributed by atoms with Crippen molar-refractivity contribution in [3.63, 3.8) is 0 Å². The zero-order valence-electron chi connectivity index (χ0n) is 18.9. The molecule has 35 heavy (non-hydrogen) atoms. The van der Waals surface area contributed by atoms with Gasteiger partial charge in [-0.3, -0.25) is 9.59 Å². The summed E-state index contributed by atoms with van der Waals surface area (Å²) in [7, 11) is 0. The maximum Gasteiger partial charge on any atom is 0.471 e. The number of hydrogen-bond donors (Lipinski definition) is 1. The first-order valence-corrected chi connectivity index (χ1v) is 11.3. The number of halogens is 3. The van der Waals surface area contributed by atoms with Gasteiger partial charge < -0.3 is 20.3 Å². The third kappa shape index (κ3) is 5.64. The van der Waals surface area contributed by atoms with Gasteiger partial charge in [-0.25, -0.2) is 4.98 Å². The monoisotopic (exact) mass is 486 g/mol. The second kappa shape index (κ2) is 10.2. The number of hydrogen-bond acceptors (Lipinski definition) is 5. The molecule has 1 saturated heterocycles. The number of ether oxygens (including phenoxy) is 1. The average molecular weight is 486 g/mol. The SMILES string of the molecule is Nc1nccc2ccc(OCCCN(C(=O)C(F)(F)F)c3ccc(C(=O)N4CCCC4)cc3)cc12. The van der Waals surface area contributed by atoms with Gasteiger partial charge >= 0.3 is 12.1 Å². The van der Waals surface area contributed by atoms with E-state index in [0.717, 1.165) is 18.2 Å². The van der Waals surface area contributed by atoms with E-state index in [2.05, 4.69) is 4.98 Å². The van der Waals surface area contributed by atoms with Crippen LogP contribution in [0.4, 0.5) is 24.7 Å². The van der Waals surface area contributed by atoms with Crippen molar-refractivity contribution in [2.45, 2.75) is 25.4 Å². The Kier molecular flexibility index (Phi) is 7.09. The fourth-order valence-corrected chi connectivity index (χ4v) is 4.06. The van der Waals surface area contributed by atoms with Crippen LogP contribution in [0.5, 0.6) is 5.75 Å². The topological polar surface area (TPSA) is 88.8 Å². The van der Waals surface area contributed by atoms with E-state index in [1.807, 2.05) is 6.07 Å². The lowest BCUT2D eigenvalue weighted by atomic mass is 10.1. The maximum absolute atomic E-state index is 13.3. The number of benzene rings is 2. The Labute approximate surface area is 200 Å². The summed E-state index contributed by atoms with van der Waals surface area (Å²) < 4.78 is 45.4. The second-order valence-electron chi connectivity index (χ2n) is 8.28. The normalized spacial score (nSPS) is 13.7. The molecule has 184 valence electrons. The molecule has 0 bridgehead atoms. The smallest absolute Gasteiger partial charge is 0.471 e. The second-order valence-corrected chi connectivity index (χ2v) is 8.28. The summed E-state index contributed by atoms with van der Waals surface area (Å²) in [6.07, 6.45) is -1.42. The molecule has 0 saturated carbocycles. The average Bonchev–Trinajstić information content (AvgIpc) is 3.38. The summed E-state index contributed by atoms with van der Waals surface area (Å²) in [5.74, 6) is -1.29. The maximum atomic E-state index is 13.3. The summed E-state index contributed by atoms with van der Waals surface area (Å²) >= 11 is 0. The van der Waals surface area contributed by atoms with Crippen LogP contribution >= 0.6 is 0 Å². The van der Waals surface area contributed by atoms with Crippen LogP contribution in [0.25, 0.3) is 10.8 Å². The van der Waals surface area contributed by atoms with Crippen molar-refractivity contribution in [3.05, 3.63) is 60.3 Å². The summed E-state index contributed by atoms with van der Waals surface area (Å²) in [6.45, 7) is 1.20. The largest absolute Gasteiger partial charge is 0.494 e. The molecule has 1 fully saturated rings. The molecule has 10 heteroatoms. The molecule has 1 aromatic heterocycles. The third-order valence-electron chi connectivity index (χ3n) is 5.87. The summed E-state index contributed by atoms with van der Waals surface area (Å²) in [5.41, 5.74) is 6.32. The van der Waals surface area contributed by atoms with Gasteiger partial charge in [0, 0.05) is 42.5 Å². The molecule has 2 heterocycles. The number of alkyl halides is 3. The number of aromatic nitrogens is 1. The number of nitrogen functional groups attached to an aromatic ring is 1. The third-order valence-corrected chi connectivity index (χ3v) is 5.87. The van der Waals surface area contributed by atoms with E-state index in [9.17, 15) is 22.8 Å². The molecule has 2 N–H and O–H groups in total. The van der Waals surface area contributed by atoms with E-state index in [0.29, 0.717) is 40.5 Å². The number of carbonyl (C=O) groups is 2. The Hall–Kier alpha value is -3.82. The lowest BCUT2D eigenvalue weighted by Crippen LogP contribution is -2.42. The van der Waals surface area contributed by atoms with Gasteiger partial charge in [0.2, 0.25) is 0 Å². The fourth-order valence-electron chi connectivity index (χ4n) is 4.06. The molecule has 0 spiro atoms. The van der Waals surface area contributed by atoms with Crippen molar-refractivity contribution >= 4 is 34.1 Å². The van der Waals surface area contributed by atoms with Crippen LogP contribution in [0.2, 0.25) is 0 Å². The lowest BCUT2D eigenvalue weighted by Gasteiger charge is -2.24. The van der Waals surface area contributed by atoms with E-state index in [-0.39, 0.29) is 31.2 Å². The van der Waals surface area contributed by atoms with Gasteiger partial charge in [-0.2, -0.15) is 13.2 Å². The zero-order chi connectivity index (χ0) is 25.0. The Balaban J connectivity index is 1.42. The molecule has 1 aliphatic heterocycles. The zero-order valence-corrected chi connectivity index (χ0v) is 18.9. The standard InChI is InChI=1S/C25H25F3N4O3/c26-25(27,28)24(34)32(19-7-4-18(5-8-19)23(33)31-12-1-2-13-31)14-3-15-35-20-9-6-17-10-11-30-22(29)21(17)16-20/h4-11,16H,1-3,12-15H2,(H2,29,30). The molecule has 1 aliphatic rings. The van der Waals surface area contributed by atoms with Crippen LogP contribution in [0.1, 0.15) is 29.6 Å². The molecule has 3 aromatic rings. The van der Waals surface area contributed by atoms with E-state index in [1.54, 1.807) is 29.3 Å². The number of fused-ring (bicyclic) bond motifs is 1. The summed E-state index contributed by atoms with van der Waals surface area (Å²) in [5, 5.41) is 1.60. The number of rotatable bonds is 7. The van der Waals surface area contributed by atoms with E-state index < -0.39 is 12.1 Å². The molecule has 2 amide bonds. The van der Waals surface area contributed by atoms with Crippen LogP contribution in [0.15, 0.2) is 54.7 Å². The van der Waals surface area contributed by atoms with Gasteiger partial charge in [-0.05, 0) is 67.1 Å². The van der Waals surface area contributed by atoms with E-state index in [1.165, 1.54) is 24.3 Å². The highest BCUT2D eigenvalue weighted by Crippen LogP contribution is 2.26. The fraction of sp³-hybridized carbons (Fsp3) is 0.320. The molecule has 4 rings (SSSR count). The number of likely N-dealkylation sites (tertiary alicyclic amines) is 1. The number of nitrogens with zero attached hydrogens (tertiary/aromatic N) is 3. The minimum absolute atomic E-state index is 0.0647. The quantitative estimate of drug-likeness (QED) is 0.500. The Morgan fingerprint density at radius 3 is 2.46 bits per heavy atom. The Morgan fingerprint density at radius 1 is 1.06 bits per heavy atom. The first-order chi connectivity index (χ1) is 16.7. The minimum atomic E-state index is -5.03. The van der Waals surface area contributed by atoms with Crippen molar-refractivity contribution in [1.82, 2.24) is 9.88 Å². The van der Waals surface area contributed by atoms with Crippen molar-refractivity contribution in [2.24, 2.45) is 0 Å². The van der Waals surface area contributed by atoms with E-state index >= 15 is 0 Å². The van der Waals surface area contributed by atoms with Gasteiger partial charge in [0.05, 0.1) is 6.61 Å². The molecular formula is C25H25F3N4O3. The first-order valence-electron chi connectivity index (χ1n) is 11.3. The summed E-state index contributed by atoms with van der Waals surface area (Å²) in [6, 6.07) is 12.7. The predicted molar refractivity (Wildman–Crippen MR) is 126 cm³/mol. The number of carbonyl (C=O) groups excluding carboxylic acids is 2. The van der Waals surface area contributed by atoms with Crippen molar-refractivity contribution in [2.75, 3.05) is 36.9 Å². The molecule has 0 radical (unpaired) electrons. The van der Waals surface area contributed by atoms with Gasteiger partial charge in [0.1, 0.15) is 11.6 Å².